The van der Waals surface area contributed by atoms with Crippen LogP contribution in [0.15, 0.2) is 18.3 Å². The lowest BCUT2D eigenvalue weighted by Gasteiger charge is -2.27. The van der Waals surface area contributed by atoms with Gasteiger partial charge in [-0.15, -0.1) is 0 Å². The fraction of sp³-hybridized carbons (Fsp3) is 0.706. The summed E-state index contributed by atoms with van der Waals surface area (Å²) in [7, 11) is 0. The van der Waals surface area contributed by atoms with Crippen LogP contribution in [0.1, 0.15) is 52.1 Å². The molecule has 0 aromatic carbocycles. The lowest BCUT2D eigenvalue weighted by molar-refractivity contribution is 0.228. The molecular weight excluding hydrogens is 246 g/mol. The Morgan fingerprint density at radius 2 is 2.05 bits per heavy atom. The van der Waals surface area contributed by atoms with Gasteiger partial charge in [0.25, 0.3) is 0 Å². The van der Waals surface area contributed by atoms with E-state index in [1.807, 2.05) is 0 Å². The summed E-state index contributed by atoms with van der Waals surface area (Å²) in [5.41, 5.74) is 1.39. The first-order valence-electron chi connectivity index (χ1n) is 8.10. The van der Waals surface area contributed by atoms with E-state index < -0.39 is 0 Å². The van der Waals surface area contributed by atoms with Crippen LogP contribution in [0.25, 0.3) is 0 Å². The lowest BCUT2D eigenvalue weighted by atomic mass is 10.1. The number of nitrogens with zero attached hydrogens (tertiary/aromatic N) is 3. The number of hydrogen-bond acceptors (Lipinski definition) is 3. The van der Waals surface area contributed by atoms with Gasteiger partial charge >= 0.3 is 0 Å². The molecular formula is C17H29N3. The molecule has 3 nitrogen and oxygen atoms in total. The highest BCUT2D eigenvalue weighted by atomic mass is 15.2. The normalized spacial score (nSPS) is 19.8. The number of rotatable bonds is 6. The molecule has 1 atom stereocenters. The van der Waals surface area contributed by atoms with E-state index in [4.69, 9.17) is 0 Å². The molecule has 0 unspecified atom stereocenters. The third-order valence-corrected chi connectivity index (χ3v) is 4.21. The lowest BCUT2D eigenvalue weighted by Crippen LogP contribution is -2.27. The topological polar surface area (TPSA) is 19.4 Å². The summed E-state index contributed by atoms with van der Waals surface area (Å²) in [5, 5.41) is 0. The molecule has 1 aliphatic rings. The van der Waals surface area contributed by atoms with E-state index in [-0.39, 0.29) is 0 Å². The third kappa shape index (κ3) is 3.51. The van der Waals surface area contributed by atoms with Crippen LogP contribution in [0, 0.1) is 5.92 Å². The van der Waals surface area contributed by atoms with Gasteiger partial charge in [-0.2, -0.15) is 0 Å². The Balaban J connectivity index is 2.09. The zero-order valence-corrected chi connectivity index (χ0v) is 13.5. The van der Waals surface area contributed by atoms with Crippen molar-refractivity contribution < 1.29 is 0 Å². The molecule has 1 fully saturated rings. The molecule has 0 aliphatic carbocycles. The molecule has 0 radical (unpaired) electrons. The summed E-state index contributed by atoms with van der Waals surface area (Å²) in [4.78, 5) is 9.60. The van der Waals surface area contributed by atoms with Crippen molar-refractivity contribution in [3.8, 4) is 0 Å². The Morgan fingerprint density at radius 1 is 1.30 bits per heavy atom. The summed E-state index contributed by atoms with van der Waals surface area (Å²) in [6.07, 6.45) is 4.69. The van der Waals surface area contributed by atoms with Crippen LogP contribution >= 0.6 is 0 Å². The molecule has 1 aromatic heterocycles. The van der Waals surface area contributed by atoms with Crippen molar-refractivity contribution in [1.29, 1.82) is 0 Å². The quantitative estimate of drug-likeness (QED) is 0.789. The fourth-order valence-corrected chi connectivity index (χ4v) is 3.22. The largest absolute Gasteiger partial charge is 0.357 e. The predicted molar refractivity (Wildman–Crippen MR) is 86.2 cm³/mol. The van der Waals surface area contributed by atoms with E-state index in [1.54, 1.807) is 0 Å². The number of pyridine rings is 1. The van der Waals surface area contributed by atoms with Crippen LogP contribution in [-0.2, 0) is 0 Å². The molecule has 0 N–H and O–H groups in total. The van der Waals surface area contributed by atoms with Crippen molar-refractivity contribution in [1.82, 2.24) is 9.88 Å². The maximum Gasteiger partial charge on any atom is 0.128 e. The van der Waals surface area contributed by atoms with Crippen molar-refractivity contribution in [2.75, 3.05) is 31.1 Å². The Hall–Kier alpha value is -1.09. The van der Waals surface area contributed by atoms with Gasteiger partial charge in [-0.25, -0.2) is 4.98 Å². The van der Waals surface area contributed by atoms with Gasteiger partial charge in [0.05, 0.1) is 0 Å². The second kappa shape index (κ2) is 7.07. The molecule has 20 heavy (non-hydrogen) atoms. The molecule has 3 heteroatoms. The van der Waals surface area contributed by atoms with E-state index in [9.17, 15) is 0 Å². The van der Waals surface area contributed by atoms with E-state index in [1.165, 1.54) is 31.5 Å². The number of hydrogen-bond donors (Lipinski definition) is 0. The monoisotopic (exact) mass is 275 g/mol. The average molecular weight is 275 g/mol. The molecule has 1 aliphatic heterocycles. The highest BCUT2D eigenvalue weighted by Crippen LogP contribution is 2.32. The summed E-state index contributed by atoms with van der Waals surface area (Å²) < 4.78 is 0. The van der Waals surface area contributed by atoms with E-state index in [2.05, 4.69) is 60.8 Å². The Labute approximate surface area is 124 Å². The second-order valence-electron chi connectivity index (χ2n) is 6.17. The summed E-state index contributed by atoms with van der Waals surface area (Å²) >= 11 is 0. The maximum atomic E-state index is 4.68. The molecule has 1 saturated heterocycles. The minimum absolute atomic E-state index is 0.579. The third-order valence-electron chi connectivity index (χ3n) is 4.21. The van der Waals surface area contributed by atoms with Crippen molar-refractivity contribution >= 4 is 5.82 Å². The van der Waals surface area contributed by atoms with Crippen LogP contribution in [0.5, 0.6) is 0 Å². The van der Waals surface area contributed by atoms with Gasteiger partial charge in [0.2, 0.25) is 0 Å². The van der Waals surface area contributed by atoms with Crippen LogP contribution in [0.4, 0.5) is 5.82 Å². The Bertz CT molecular complexity index is 395. The van der Waals surface area contributed by atoms with Crippen molar-refractivity contribution in [2.45, 2.75) is 46.6 Å². The van der Waals surface area contributed by atoms with Crippen LogP contribution < -0.4 is 4.90 Å². The van der Waals surface area contributed by atoms with Gasteiger partial charge in [-0.1, -0.05) is 19.9 Å². The standard InChI is InChI=1S/C17H29N3/c1-5-19(6-2)17-10-9-15(12-18-17)16-8-7-11-20(16)13-14(3)4/h9-10,12,14,16H,5-8,11,13H2,1-4H3/t16-/m0/s1. The van der Waals surface area contributed by atoms with Crippen molar-refractivity contribution in [3.05, 3.63) is 23.9 Å². The number of likely N-dealkylation sites (tertiary alicyclic amines) is 1. The molecule has 0 amide bonds. The predicted octanol–water partition coefficient (Wildman–Crippen LogP) is 3.72. The SMILES string of the molecule is CCN(CC)c1ccc([C@@H]2CCCN2CC(C)C)cn1. The number of aromatic nitrogens is 1. The van der Waals surface area contributed by atoms with Crippen molar-refractivity contribution in [2.24, 2.45) is 5.92 Å². The van der Waals surface area contributed by atoms with Crippen LogP contribution in [0.3, 0.4) is 0 Å². The first-order valence-corrected chi connectivity index (χ1v) is 8.10. The molecule has 0 spiro atoms. The van der Waals surface area contributed by atoms with Gasteiger partial charge in [0, 0.05) is 31.9 Å². The second-order valence-corrected chi connectivity index (χ2v) is 6.17. The highest BCUT2D eigenvalue weighted by Gasteiger charge is 2.26. The minimum Gasteiger partial charge on any atom is -0.357 e. The fourth-order valence-electron chi connectivity index (χ4n) is 3.22. The average Bonchev–Trinajstić information content (AvgIpc) is 2.88. The molecule has 1 aromatic rings. The zero-order chi connectivity index (χ0) is 14.5. The smallest absolute Gasteiger partial charge is 0.128 e. The van der Waals surface area contributed by atoms with Gasteiger partial charge in [0.1, 0.15) is 5.82 Å². The van der Waals surface area contributed by atoms with E-state index in [0.29, 0.717) is 6.04 Å². The Morgan fingerprint density at radius 3 is 2.60 bits per heavy atom. The zero-order valence-electron chi connectivity index (χ0n) is 13.5. The summed E-state index contributed by atoms with van der Waals surface area (Å²) in [5.74, 6) is 1.84. The molecule has 2 rings (SSSR count). The highest BCUT2D eigenvalue weighted by molar-refractivity contribution is 5.39. The first kappa shape index (κ1) is 15.3. The summed E-state index contributed by atoms with van der Waals surface area (Å²) in [6.45, 7) is 13.4. The number of anilines is 1. The molecule has 2 heterocycles. The molecule has 0 saturated carbocycles. The van der Waals surface area contributed by atoms with Crippen LogP contribution in [-0.4, -0.2) is 36.1 Å². The molecule has 0 bridgehead atoms. The van der Waals surface area contributed by atoms with Gasteiger partial charge in [0.15, 0.2) is 0 Å². The van der Waals surface area contributed by atoms with Crippen molar-refractivity contribution in [3.63, 3.8) is 0 Å². The van der Waals surface area contributed by atoms with Gasteiger partial charge in [-0.05, 0) is 50.8 Å². The van der Waals surface area contributed by atoms with Crippen LogP contribution in [0.2, 0.25) is 0 Å². The Kier molecular flexibility index (Phi) is 5.41. The maximum absolute atomic E-state index is 4.68. The van der Waals surface area contributed by atoms with E-state index in [0.717, 1.165) is 24.8 Å². The van der Waals surface area contributed by atoms with Gasteiger partial charge in [-0.3, -0.25) is 4.90 Å². The molecule has 112 valence electrons. The summed E-state index contributed by atoms with van der Waals surface area (Å²) in [6, 6.07) is 5.05. The first-order chi connectivity index (χ1) is 9.65. The van der Waals surface area contributed by atoms with E-state index >= 15 is 0 Å². The minimum atomic E-state index is 0.579. The van der Waals surface area contributed by atoms with Gasteiger partial charge < -0.3 is 4.90 Å².